The highest BCUT2D eigenvalue weighted by molar-refractivity contribution is 8.01. The van der Waals surface area contributed by atoms with E-state index in [0.717, 1.165) is 34.0 Å². The van der Waals surface area contributed by atoms with Crippen LogP contribution in [0.1, 0.15) is 0 Å². The molecule has 1 aliphatic heterocycles. The van der Waals surface area contributed by atoms with E-state index in [4.69, 9.17) is 4.74 Å². The van der Waals surface area contributed by atoms with E-state index in [-0.39, 0.29) is 5.91 Å². The highest BCUT2D eigenvalue weighted by atomic mass is 32.2. The molecule has 1 aliphatic rings. The number of benzene rings is 1. The molecule has 3 rings (SSSR count). The summed E-state index contributed by atoms with van der Waals surface area (Å²) >= 11 is 2.89. The molecular formula is C18H23N5O2S2. The highest BCUT2D eigenvalue weighted by Crippen LogP contribution is 2.29. The second-order valence-corrected chi connectivity index (χ2v) is 8.07. The number of aromatic nitrogens is 2. The van der Waals surface area contributed by atoms with Crippen LogP contribution in [-0.4, -0.2) is 66.6 Å². The molecule has 7 nitrogen and oxygen atoms in total. The molecule has 9 heteroatoms. The fourth-order valence-corrected chi connectivity index (χ4v) is 4.46. The van der Waals surface area contributed by atoms with Crippen LogP contribution in [0.15, 0.2) is 41.3 Å². The van der Waals surface area contributed by atoms with Gasteiger partial charge in [-0.2, -0.15) is 0 Å². The molecule has 0 radical (unpaired) electrons. The fraction of sp³-hybridized carbons (Fsp3) is 0.389. The summed E-state index contributed by atoms with van der Waals surface area (Å²) < 4.78 is 6.23. The van der Waals surface area contributed by atoms with Crippen molar-refractivity contribution in [2.45, 2.75) is 4.34 Å². The minimum atomic E-state index is 0.135. The fourth-order valence-electron chi connectivity index (χ4n) is 2.80. The molecule has 1 saturated heterocycles. The van der Waals surface area contributed by atoms with Crippen molar-refractivity contribution in [1.29, 1.82) is 0 Å². The van der Waals surface area contributed by atoms with E-state index in [9.17, 15) is 4.79 Å². The quantitative estimate of drug-likeness (QED) is 0.535. The number of hydrogen-bond donors (Lipinski definition) is 1. The molecule has 0 unspecified atom stereocenters. The van der Waals surface area contributed by atoms with Crippen LogP contribution in [0, 0.1) is 0 Å². The number of amides is 1. The van der Waals surface area contributed by atoms with E-state index in [1.54, 1.807) is 13.2 Å². The smallest absolute Gasteiger partial charge is 0.233 e. The SMILES string of the molecule is C=CCNc1nnc(SCC(=O)N2CCN(c3ccccc3OC)CC2)s1. The maximum absolute atomic E-state index is 12.5. The molecule has 1 aromatic heterocycles. The molecule has 1 N–H and O–H groups in total. The zero-order valence-corrected chi connectivity index (χ0v) is 16.9. The topological polar surface area (TPSA) is 70.6 Å². The van der Waals surface area contributed by atoms with Crippen molar-refractivity contribution in [2.75, 3.05) is 55.8 Å². The van der Waals surface area contributed by atoms with Gasteiger partial charge in [0.25, 0.3) is 0 Å². The Labute approximate surface area is 167 Å². The normalized spacial score (nSPS) is 14.1. The first kappa shape index (κ1) is 19.5. The van der Waals surface area contributed by atoms with E-state index in [0.29, 0.717) is 25.4 Å². The van der Waals surface area contributed by atoms with Crippen LogP contribution in [0.3, 0.4) is 0 Å². The number of piperazine rings is 1. The average Bonchev–Trinajstić information content (AvgIpc) is 3.18. The lowest BCUT2D eigenvalue weighted by atomic mass is 10.2. The number of methoxy groups -OCH3 is 1. The molecule has 2 aromatic rings. The van der Waals surface area contributed by atoms with Crippen LogP contribution in [0.25, 0.3) is 0 Å². The number of carbonyl (C=O) groups is 1. The Hall–Kier alpha value is -2.26. The van der Waals surface area contributed by atoms with Gasteiger partial charge in [0.1, 0.15) is 5.75 Å². The second kappa shape index (κ2) is 9.61. The zero-order valence-electron chi connectivity index (χ0n) is 15.3. The molecule has 2 heterocycles. The van der Waals surface area contributed by atoms with E-state index in [1.165, 1.54) is 23.1 Å². The predicted octanol–water partition coefficient (Wildman–Crippen LogP) is 2.59. The van der Waals surface area contributed by atoms with Crippen molar-refractivity contribution in [2.24, 2.45) is 0 Å². The monoisotopic (exact) mass is 405 g/mol. The molecular weight excluding hydrogens is 382 g/mol. The number of ether oxygens (including phenoxy) is 1. The summed E-state index contributed by atoms with van der Waals surface area (Å²) in [5.74, 6) is 1.38. The molecule has 0 aliphatic carbocycles. The Balaban J connectivity index is 1.47. The van der Waals surface area contributed by atoms with Gasteiger partial charge in [-0.1, -0.05) is 41.3 Å². The van der Waals surface area contributed by atoms with Gasteiger partial charge in [0, 0.05) is 32.7 Å². The highest BCUT2D eigenvalue weighted by Gasteiger charge is 2.23. The molecule has 1 aromatic carbocycles. The summed E-state index contributed by atoms with van der Waals surface area (Å²) in [7, 11) is 1.68. The number of thioether (sulfide) groups is 1. The summed E-state index contributed by atoms with van der Waals surface area (Å²) in [5.41, 5.74) is 1.08. The molecule has 0 saturated carbocycles. The first-order chi connectivity index (χ1) is 13.2. The van der Waals surface area contributed by atoms with Gasteiger partial charge in [0.05, 0.1) is 18.6 Å². The predicted molar refractivity (Wildman–Crippen MR) is 111 cm³/mol. The summed E-state index contributed by atoms with van der Waals surface area (Å²) in [6.45, 7) is 7.31. The third-order valence-corrected chi connectivity index (χ3v) is 6.18. The van der Waals surface area contributed by atoms with Gasteiger partial charge < -0.3 is 19.9 Å². The Morgan fingerprint density at radius 2 is 2.11 bits per heavy atom. The van der Waals surface area contributed by atoms with Crippen LogP contribution in [0.2, 0.25) is 0 Å². The van der Waals surface area contributed by atoms with Crippen molar-refractivity contribution in [1.82, 2.24) is 15.1 Å². The first-order valence-corrected chi connectivity index (χ1v) is 10.5. The van der Waals surface area contributed by atoms with Crippen molar-refractivity contribution in [3.8, 4) is 5.75 Å². The zero-order chi connectivity index (χ0) is 19.1. The van der Waals surface area contributed by atoms with Crippen molar-refractivity contribution in [3.63, 3.8) is 0 Å². The average molecular weight is 406 g/mol. The van der Waals surface area contributed by atoms with Crippen LogP contribution >= 0.6 is 23.1 Å². The number of anilines is 2. The Morgan fingerprint density at radius 3 is 2.85 bits per heavy atom. The Bertz CT molecular complexity index is 775. The van der Waals surface area contributed by atoms with Gasteiger partial charge in [0.15, 0.2) is 4.34 Å². The minimum absolute atomic E-state index is 0.135. The van der Waals surface area contributed by atoms with Gasteiger partial charge in [-0.05, 0) is 12.1 Å². The lowest BCUT2D eigenvalue weighted by Gasteiger charge is -2.36. The van der Waals surface area contributed by atoms with E-state index >= 15 is 0 Å². The van der Waals surface area contributed by atoms with Crippen molar-refractivity contribution >= 4 is 39.8 Å². The minimum Gasteiger partial charge on any atom is -0.495 e. The van der Waals surface area contributed by atoms with Gasteiger partial charge in [-0.15, -0.1) is 16.8 Å². The van der Waals surface area contributed by atoms with E-state index < -0.39 is 0 Å². The van der Waals surface area contributed by atoms with Crippen LogP contribution in [-0.2, 0) is 4.79 Å². The van der Waals surface area contributed by atoms with Crippen LogP contribution in [0.4, 0.5) is 10.8 Å². The number of rotatable bonds is 8. The Morgan fingerprint density at radius 1 is 1.33 bits per heavy atom. The van der Waals surface area contributed by atoms with Crippen molar-refractivity contribution in [3.05, 3.63) is 36.9 Å². The summed E-state index contributed by atoms with van der Waals surface area (Å²) in [4.78, 5) is 16.7. The summed E-state index contributed by atoms with van der Waals surface area (Å²) in [6, 6.07) is 7.99. The van der Waals surface area contributed by atoms with Crippen LogP contribution in [0.5, 0.6) is 5.75 Å². The van der Waals surface area contributed by atoms with Gasteiger partial charge >= 0.3 is 0 Å². The van der Waals surface area contributed by atoms with Gasteiger partial charge in [0.2, 0.25) is 11.0 Å². The first-order valence-electron chi connectivity index (χ1n) is 8.68. The van der Waals surface area contributed by atoms with E-state index in [1.807, 2.05) is 23.1 Å². The molecule has 0 bridgehead atoms. The number of hydrogen-bond acceptors (Lipinski definition) is 8. The number of nitrogens with one attached hydrogen (secondary N) is 1. The van der Waals surface area contributed by atoms with Crippen molar-refractivity contribution < 1.29 is 9.53 Å². The van der Waals surface area contributed by atoms with Gasteiger partial charge in [-0.25, -0.2) is 0 Å². The third kappa shape index (κ3) is 5.14. The lowest BCUT2D eigenvalue weighted by Crippen LogP contribution is -2.49. The maximum Gasteiger partial charge on any atom is 0.233 e. The van der Waals surface area contributed by atoms with Crippen LogP contribution < -0.4 is 15.0 Å². The number of carbonyl (C=O) groups excluding carboxylic acids is 1. The van der Waals surface area contributed by atoms with E-state index in [2.05, 4.69) is 33.1 Å². The van der Waals surface area contributed by atoms with Gasteiger partial charge in [-0.3, -0.25) is 4.79 Å². The second-order valence-electron chi connectivity index (χ2n) is 5.87. The lowest BCUT2D eigenvalue weighted by molar-refractivity contribution is -0.128. The number of para-hydroxylation sites is 2. The molecule has 1 fully saturated rings. The standard InChI is InChI=1S/C18H23N5O2S2/c1-3-8-19-17-20-21-18(27-17)26-13-16(24)23-11-9-22(10-12-23)14-6-4-5-7-15(14)25-2/h3-7H,1,8-13H2,2H3,(H,19,20). The molecule has 0 atom stereocenters. The molecule has 1 amide bonds. The number of nitrogens with zero attached hydrogens (tertiary/aromatic N) is 4. The third-order valence-electron chi connectivity index (χ3n) is 4.18. The summed E-state index contributed by atoms with van der Waals surface area (Å²) in [6.07, 6.45) is 1.77. The molecule has 144 valence electrons. The maximum atomic E-state index is 12.5. The summed E-state index contributed by atoms with van der Waals surface area (Å²) in [5, 5.41) is 12.0. The Kier molecular flexibility index (Phi) is 6.94. The molecule has 0 spiro atoms. The molecule has 27 heavy (non-hydrogen) atoms. The largest absolute Gasteiger partial charge is 0.495 e.